The van der Waals surface area contributed by atoms with Crippen LogP contribution in [0.25, 0.3) is 0 Å². The molecule has 0 aromatic heterocycles. The van der Waals surface area contributed by atoms with Crippen molar-refractivity contribution in [1.82, 2.24) is 0 Å². The summed E-state index contributed by atoms with van der Waals surface area (Å²) in [6, 6.07) is 9.76. The molecule has 4 heteroatoms. The van der Waals surface area contributed by atoms with E-state index in [1.54, 1.807) is 36.4 Å². The Hall–Kier alpha value is -3.40. The average molecular weight is 343 g/mol. The van der Waals surface area contributed by atoms with Crippen molar-refractivity contribution < 1.29 is 14.7 Å². The first-order valence-electron chi connectivity index (χ1n) is 8.37. The summed E-state index contributed by atoms with van der Waals surface area (Å²) in [6.07, 6.45) is 10.3. The van der Waals surface area contributed by atoms with Crippen LogP contribution in [0.2, 0.25) is 0 Å². The SMILES string of the molecule is C=CC1(Nc2ccc(O)c3c2C(=O)c2ccccc2C3=O)C=CC=CC1. The summed E-state index contributed by atoms with van der Waals surface area (Å²) in [5.41, 5.74) is 0.873. The zero-order valence-corrected chi connectivity index (χ0v) is 14.0. The summed E-state index contributed by atoms with van der Waals surface area (Å²) in [5.74, 6) is -0.809. The second kappa shape index (κ2) is 5.85. The Balaban J connectivity index is 1.89. The van der Waals surface area contributed by atoms with E-state index in [-0.39, 0.29) is 28.4 Å². The van der Waals surface area contributed by atoms with Crippen molar-refractivity contribution in [3.8, 4) is 5.75 Å². The standard InChI is InChI=1S/C22H17NO3/c1-2-22(12-6-3-7-13-22)23-16-10-11-17(24)19-18(16)20(25)14-8-4-5-9-15(14)21(19)26/h2-12,23-24H,1,13H2. The zero-order valence-electron chi connectivity index (χ0n) is 14.0. The van der Waals surface area contributed by atoms with Crippen LogP contribution in [0, 0.1) is 0 Å². The monoisotopic (exact) mass is 343 g/mol. The van der Waals surface area contributed by atoms with Crippen LogP contribution in [-0.2, 0) is 0 Å². The number of hydrogen-bond donors (Lipinski definition) is 2. The van der Waals surface area contributed by atoms with Gasteiger partial charge in [0.05, 0.1) is 16.7 Å². The van der Waals surface area contributed by atoms with E-state index in [1.165, 1.54) is 6.07 Å². The van der Waals surface area contributed by atoms with Crippen LogP contribution in [0.15, 0.2) is 73.4 Å². The molecule has 4 rings (SSSR count). The van der Waals surface area contributed by atoms with Crippen LogP contribution in [0.1, 0.15) is 38.3 Å². The van der Waals surface area contributed by atoms with Gasteiger partial charge in [0.25, 0.3) is 0 Å². The number of carbonyl (C=O) groups is 2. The molecule has 0 fully saturated rings. The molecule has 0 saturated heterocycles. The minimum atomic E-state index is -0.556. The molecule has 0 saturated carbocycles. The number of hydrogen-bond acceptors (Lipinski definition) is 4. The topological polar surface area (TPSA) is 66.4 Å². The molecule has 0 bridgehead atoms. The van der Waals surface area contributed by atoms with Gasteiger partial charge in [-0.3, -0.25) is 9.59 Å². The molecule has 1 atom stereocenters. The van der Waals surface area contributed by atoms with Crippen LogP contribution >= 0.6 is 0 Å². The highest BCUT2D eigenvalue weighted by Gasteiger charge is 2.35. The fraction of sp³-hybridized carbons (Fsp3) is 0.0909. The minimum Gasteiger partial charge on any atom is -0.507 e. The maximum Gasteiger partial charge on any atom is 0.198 e. The lowest BCUT2D eigenvalue weighted by atomic mass is 9.82. The van der Waals surface area contributed by atoms with Gasteiger partial charge in [-0.15, -0.1) is 6.58 Å². The number of aromatic hydroxyl groups is 1. The Morgan fingerprint density at radius 1 is 1.00 bits per heavy atom. The van der Waals surface area contributed by atoms with Gasteiger partial charge in [0.15, 0.2) is 11.6 Å². The molecule has 2 aliphatic carbocycles. The quantitative estimate of drug-likeness (QED) is 0.557. The molecule has 26 heavy (non-hydrogen) atoms. The molecule has 0 aliphatic heterocycles. The van der Waals surface area contributed by atoms with Crippen LogP contribution in [-0.4, -0.2) is 22.2 Å². The Kier molecular flexibility index (Phi) is 3.62. The Morgan fingerprint density at radius 3 is 2.31 bits per heavy atom. The van der Waals surface area contributed by atoms with Gasteiger partial charge < -0.3 is 10.4 Å². The molecule has 0 amide bonds. The van der Waals surface area contributed by atoms with Crippen molar-refractivity contribution in [1.29, 1.82) is 0 Å². The Morgan fingerprint density at radius 2 is 1.69 bits per heavy atom. The molecular formula is C22H17NO3. The van der Waals surface area contributed by atoms with Crippen molar-refractivity contribution in [2.45, 2.75) is 12.0 Å². The third-order valence-electron chi connectivity index (χ3n) is 4.88. The molecule has 0 heterocycles. The lowest BCUT2D eigenvalue weighted by Gasteiger charge is -2.32. The number of nitrogens with one attached hydrogen (secondary N) is 1. The first kappa shape index (κ1) is 16.1. The number of ketones is 2. The predicted molar refractivity (Wildman–Crippen MR) is 101 cm³/mol. The third-order valence-corrected chi connectivity index (χ3v) is 4.88. The zero-order chi connectivity index (χ0) is 18.3. The number of rotatable bonds is 3. The second-order valence-corrected chi connectivity index (χ2v) is 6.45. The summed E-state index contributed by atoms with van der Waals surface area (Å²) >= 11 is 0. The summed E-state index contributed by atoms with van der Waals surface area (Å²) in [6.45, 7) is 3.90. The fourth-order valence-corrected chi connectivity index (χ4v) is 3.49. The first-order valence-corrected chi connectivity index (χ1v) is 8.37. The fourth-order valence-electron chi connectivity index (χ4n) is 3.49. The molecule has 2 N–H and O–H groups in total. The maximum absolute atomic E-state index is 13.1. The number of phenols is 1. The lowest BCUT2D eigenvalue weighted by Crippen LogP contribution is -2.35. The van der Waals surface area contributed by atoms with E-state index in [4.69, 9.17) is 0 Å². The highest BCUT2D eigenvalue weighted by Crippen LogP contribution is 2.38. The van der Waals surface area contributed by atoms with Gasteiger partial charge in [0, 0.05) is 16.8 Å². The Labute approximate surface area is 151 Å². The summed E-state index contributed by atoms with van der Waals surface area (Å²) < 4.78 is 0. The molecular weight excluding hydrogens is 326 g/mol. The van der Waals surface area contributed by atoms with Crippen molar-refractivity contribution >= 4 is 17.3 Å². The van der Waals surface area contributed by atoms with E-state index in [0.29, 0.717) is 23.2 Å². The molecule has 2 aliphatic rings. The van der Waals surface area contributed by atoms with Gasteiger partial charge in [0.1, 0.15) is 5.75 Å². The van der Waals surface area contributed by atoms with E-state index in [1.807, 2.05) is 24.3 Å². The van der Waals surface area contributed by atoms with Crippen molar-refractivity contribution in [2.24, 2.45) is 0 Å². The van der Waals surface area contributed by atoms with E-state index < -0.39 is 5.54 Å². The van der Waals surface area contributed by atoms with Gasteiger partial charge in [-0.05, 0) is 18.6 Å². The molecule has 1 unspecified atom stereocenters. The van der Waals surface area contributed by atoms with E-state index in [9.17, 15) is 14.7 Å². The van der Waals surface area contributed by atoms with Crippen molar-refractivity contribution in [3.63, 3.8) is 0 Å². The van der Waals surface area contributed by atoms with Gasteiger partial charge in [-0.25, -0.2) is 0 Å². The Bertz CT molecular complexity index is 1020. The smallest absolute Gasteiger partial charge is 0.198 e. The number of phenolic OH excluding ortho intramolecular Hbond substituents is 1. The number of carbonyl (C=O) groups excluding carboxylic acids is 2. The molecule has 0 radical (unpaired) electrons. The molecule has 4 nitrogen and oxygen atoms in total. The number of fused-ring (bicyclic) bond motifs is 2. The average Bonchev–Trinajstić information content (AvgIpc) is 2.68. The van der Waals surface area contributed by atoms with Gasteiger partial charge in [-0.1, -0.05) is 54.6 Å². The van der Waals surface area contributed by atoms with Crippen LogP contribution < -0.4 is 5.32 Å². The number of anilines is 1. The van der Waals surface area contributed by atoms with Crippen LogP contribution in [0.3, 0.4) is 0 Å². The van der Waals surface area contributed by atoms with Crippen molar-refractivity contribution in [3.05, 3.63) is 95.6 Å². The van der Waals surface area contributed by atoms with Crippen molar-refractivity contribution in [2.75, 3.05) is 5.32 Å². The summed E-state index contributed by atoms with van der Waals surface area (Å²) in [4.78, 5) is 26.0. The second-order valence-electron chi connectivity index (χ2n) is 6.45. The van der Waals surface area contributed by atoms with Gasteiger partial charge in [0.2, 0.25) is 0 Å². The molecule has 128 valence electrons. The van der Waals surface area contributed by atoms with Gasteiger partial charge in [-0.2, -0.15) is 0 Å². The van der Waals surface area contributed by atoms with Crippen LogP contribution in [0.5, 0.6) is 5.75 Å². The van der Waals surface area contributed by atoms with E-state index >= 15 is 0 Å². The predicted octanol–water partition coefficient (Wildman–Crippen LogP) is 4.02. The summed E-state index contributed by atoms with van der Waals surface area (Å²) in [5, 5.41) is 13.6. The highest BCUT2D eigenvalue weighted by molar-refractivity contribution is 6.31. The largest absolute Gasteiger partial charge is 0.507 e. The highest BCUT2D eigenvalue weighted by atomic mass is 16.3. The normalized spacial score (nSPS) is 20.5. The maximum atomic E-state index is 13.1. The summed E-state index contributed by atoms with van der Waals surface area (Å²) in [7, 11) is 0. The van der Waals surface area contributed by atoms with E-state index in [2.05, 4.69) is 11.9 Å². The molecule has 0 spiro atoms. The first-order chi connectivity index (χ1) is 12.6. The number of benzene rings is 2. The van der Waals surface area contributed by atoms with E-state index in [0.717, 1.165) is 0 Å². The van der Waals surface area contributed by atoms with Gasteiger partial charge >= 0.3 is 0 Å². The minimum absolute atomic E-state index is 0.0493. The molecule has 2 aromatic rings. The third kappa shape index (κ3) is 2.30. The lowest BCUT2D eigenvalue weighted by molar-refractivity contribution is 0.0977. The van der Waals surface area contributed by atoms with Crippen LogP contribution in [0.4, 0.5) is 5.69 Å². The molecule has 2 aromatic carbocycles. The number of allylic oxidation sites excluding steroid dienone is 2.